The average Bonchev–Trinajstić information content (AvgIpc) is 2.58. The number of unbranched alkanes of at least 4 members (excludes halogenated alkanes) is 4. The van der Waals surface area contributed by atoms with Gasteiger partial charge in [0.15, 0.2) is 0 Å². The van der Waals surface area contributed by atoms with Gasteiger partial charge in [0.1, 0.15) is 6.61 Å². The summed E-state index contributed by atoms with van der Waals surface area (Å²) in [5.74, 6) is -0.263. The molecule has 7 nitrogen and oxygen atoms in total. The van der Waals surface area contributed by atoms with Crippen LogP contribution in [-0.4, -0.2) is 54.2 Å². The quantitative estimate of drug-likeness (QED) is 0.221. The lowest BCUT2D eigenvalue weighted by molar-refractivity contribution is -0.144. The summed E-state index contributed by atoms with van der Waals surface area (Å²) in [5, 5.41) is 2.77. The maximum Gasteiger partial charge on any atom is 0.325 e. The predicted molar refractivity (Wildman–Crippen MR) is 110 cm³/mol. The maximum absolute atomic E-state index is 11.7. The van der Waals surface area contributed by atoms with E-state index in [0.29, 0.717) is 19.4 Å². The Hall–Kier alpha value is -0.560. The molecule has 0 spiro atoms. The van der Waals surface area contributed by atoms with Crippen molar-refractivity contribution in [3.05, 3.63) is 0 Å². The van der Waals surface area contributed by atoms with E-state index in [1.165, 1.54) is 6.66 Å². The lowest BCUT2D eigenvalue weighted by atomic mass is 10.1. The maximum atomic E-state index is 11.7. The Kier molecular flexibility index (Phi) is 14.1. The van der Waals surface area contributed by atoms with E-state index < -0.39 is 7.60 Å². The molecule has 0 fully saturated rings. The molecule has 0 aliphatic carbocycles. The first kappa shape index (κ1) is 26.4. The number of esters is 1. The summed E-state index contributed by atoms with van der Waals surface area (Å²) in [5.41, 5.74) is 0. The molecule has 0 rings (SSSR count). The highest BCUT2D eigenvalue weighted by molar-refractivity contribution is 7.99. The SMILES string of the molecule is CSC(C)(C)CCC(=O)NCCOC(=O)CCCCCCCOP(C)(=O)O. The van der Waals surface area contributed by atoms with Gasteiger partial charge in [-0.3, -0.25) is 14.2 Å². The molecule has 0 aliphatic rings. The van der Waals surface area contributed by atoms with Crippen molar-refractivity contribution in [2.75, 3.05) is 32.7 Å². The second kappa shape index (κ2) is 14.4. The van der Waals surface area contributed by atoms with Crippen LogP contribution in [0.25, 0.3) is 0 Å². The third-order valence-electron chi connectivity index (χ3n) is 4.05. The topological polar surface area (TPSA) is 102 Å². The van der Waals surface area contributed by atoms with Crippen LogP contribution >= 0.6 is 19.4 Å². The Bertz CT molecular complexity index is 480. The molecule has 1 atom stereocenters. The zero-order valence-corrected chi connectivity index (χ0v) is 18.8. The molecule has 9 heteroatoms. The van der Waals surface area contributed by atoms with Crippen LogP contribution in [0.5, 0.6) is 0 Å². The van der Waals surface area contributed by atoms with Gasteiger partial charge in [-0.2, -0.15) is 11.8 Å². The van der Waals surface area contributed by atoms with Crippen LogP contribution in [0.4, 0.5) is 0 Å². The van der Waals surface area contributed by atoms with E-state index in [2.05, 4.69) is 19.2 Å². The number of hydrogen-bond donors (Lipinski definition) is 2. The van der Waals surface area contributed by atoms with E-state index >= 15 is 0 Å². The number of rotatable bonds is 16. The molecule has 0 radical (unpaired) electrons. The summed E-state index contributed by atoms with van der Waals surface area (Å²) in [6.07, 6.45) is 7.91. The van der Waals surface area contributed by atoms with Gasteiger partial charge in [-0.25, -0.2) is 0 Å². The first-order chi connectivity index (χ1) is 12.6. The highest BCUT2D eigenvalue weighted by atomic mass is 32.2. The molecule has 0 saturated carbocycles. The molecule has 0 bridgehead atoms. The van der Waals surface area contributed by atoms with Crippen molar-refractivity contribution in [2.24, 2.45) is 0 Å². The van der Waals surface area contributed by atoms with Crippen LogP contribution in [0.2, 0.25) is 0 Å². The number of carbonyl (C=O) groups excluding carboxylic acids is 2. The molecular weight excluding hydrogens is 389 g/mol. The Morgan fingerprint density at radius 2 is 1.70 bits per heavy atom. The van der Waals surface area contributed by atoms with E-state index in [0.717, 1.165) is 38.5 Å². The highest BCUT2D eigenvalue weighted by Gasteiger charge is 2.17. The van der Waals surface area contributed by atoms with Crippen molar-refractivity contribution in [3.8, 4) is 0 Å². The van der Waals surface area contributed by atoms with Gasteiger partial charge in [-0.15, -0.1) is 0 Å². The Morgan fingerprint density at radius 3 is 2.33 bits per heavy atom. The smallest absolute Gasteiger partial charge is 0.325 e. The number of carbonyl (C=O) groups is 2. The Morgan fingerprint density at radius 1 is 1.07 bits per heavy atom. The lowest BCUT2D eigenvalue weighted by Crippen LogP contribution is -2.29. The van der Waals surface area contributed by atoms with E-state index in [-0.39, 0.29) is 29.8 Å². The molecule has 0 aromatic heterocycles. The van der Waals surface area contributed by atoms with Gasteiger partial charge in [0, 0.05) is 24.3 Å². The molecular formula is C18H36NO6PS. The van der Waals surface area contributed by atoms with Crippen molar-refractivity contribution in [1.29, 1.82) is 0 Å². The van der Waals surface area contributed by atoms with Gasteiger partial charge in [-0.1, -0.05) is 33.1 Å². The van der Waals surface area contributed by atoms with Gasteiger partial charge < -0.3 is 19.5 Å². The van der Waals surface area contributed by atoms with Crippen molar-refractivity contribution < 1.29 is 28.3 Å². The van der Waals surface area contributed by atoms with Crippen molar-refractivity contribution in [2.45, 2.75) is 70.0 Å². The molecule has 27 heavy (non-hydrogen) atoms. The molecule has 2 N–H and O–H groups in total. The van der Waals surface area contributed by atoms with E-state index in [1.807, 2.05) is 6.26 Å². The standard InChI is InChI=1S/C18H36NO6PS/c1-18(2,27-4)12-11-16(20)19-13-15-24-17(21)10-8-6-5-7-9-14-25-26(3,22)23/h5-15H2,1-4H3,(H,19,20)(H,22,23). The van der Waals surface area contributed by atoms with Crippen LogP contribution in [0.3, 0.4) is 0 Å². The fourth-order valence-corrected chi connectivity index (χ4v) is 2.94. The fraction of sp³-hybridized carbons (Fsp3) is 0.889. The second-order valence-corrected chi connectivity index (χ2v) is 10.6. The minimum Gasteiger partial charge on any atom is -0.464 e. The minimum atomic E-state index is -3.36. The number of hydrogen-bond acceptors (Lipinski definition) is 6. The number of nitrogens with one attached hydrogen (secondary N) is 1. The van der Waals surface area contributed by atoms with Gasteiger partial charge in [0.2, 0.25) is 5.91 Å². The second-order valence-electron chi connectivity index (χ2n) is 7.19. The summed E-state index contributed by atoms with van der Waals surface area (Å²) >= 11 is 1.74. The van der Waals surface area contributed by atoms with Crippen LogP contribution < -0.4 is 5.32 Å². The third kappa shape index (κ3) is 18.6. The minimum absolute atomic E-state index is 0.0159. The zero-order valence-electron chi connectivity index (χ0n) is 17.1. The first-order valence-electron chi connectivity index (χ1n) is 9.48. The largest absolute Gasteiger partial charge is 0.464 e. The Labute approximate surface area is 167 Å². The van der Waals surface area contributed by atoms with E-state index in [9.17, 15) is 14.2 Å². The van der Waals surface area contributed by atoms with Gasteiger partial charge in [0.25, 0.3) is 0 Å². The number of thioether (sulfide) groups is 1. The van der Waals surface area contributed by atoms with Crippen LogP contribution in [0, 0.1) is 0 Å². The summed E-state index contributed by atoms with van der Waals surface area (Å²) in [6, 6.07) is 0. The molecule has 160 valence electrons. The molecule has 0 heterocycles. The normalized spacial score (nSPS) is 13.8. The highest BCUT2D eigenvalue weighted by Crippen LogP contribution is 2.36. The van der Waals surface area contributed by atoms with Crippen LogP contribution in [0.1, 0.15) is 65.2 Å². The lowest BCUT2D eigenvalue weighted by Gasteiger charge is -2.21. The van der Waals surface area contributed by atoms with Gasteiger partial charge in [-0.05, 0) is 25.5 Å². The van der Waals surface area contributed by atoms with Crippen LogP contribution in [0.15, 0.2) is 0 Å². The molecule has 0 saturated heterocycles. The summed E-state index contributed by atoms with van der Waals surface area (Å²) < 4.78 is 20.9. The summed E-state index contributed by atoms with van der Waals surface area (Å²) in [6.45, 7) is 6.23. The molecule has 0 aromatic carbocycles. The zero-order chi connectivity index (χ0) is 20.8. The number of amides is 1. The molecule has 1 amide bonds. The molecule has 1 unspecified atom stereocenters. The third-order valence-corrected chi connectivity index (χ3v) is 6.02. The van der Waals surface area contributed by atoms with Gasteiger partial charge in [0.05, 0.1) is 13.2 Å². The van der Waals surface area contributed by atoms with Crippen molar-refractivity contribution in [3.63, 3.8) is 0 Å². The first-order valence-corrected chi connectivity index (χ1v) is 12.7. The summed E-state index contributed by atoms with van der Waals surface area (Å²) in [4.78, 5) is 32.3. The van der Waals surface area contributed by atoms with Crippen LogP contribution in [-0.2, 0) is 23.4 Å². The van der Waals surface area contributed by atoms with Crippen molar-refractivity contribution >= 4 is 31.2 Å². The Balaban J connectivity index is 3.49. The fourth-order valence-electron chi connectivity index (χ4n) is 2.17. The monoisotopic (exact) mass is 425 g/mol. The number of ether oxygens (including phenoxy) is 1. The van der Waals surface area contributed by atoms with Gasteiger partial charge >= 0.3 is 13.6 Å². The van der Waals surface area contributed by atoms with E-state index in [4.69, 9.17) is 14.2 Å². The predicted octanol–water partition coefficient (Wildman–Crippen LogP) is 3.74. The van der Waals surface area contributed by atoms with E-state index in [1.54, 1.807) is 11.8 Å². The van der Waals surface area contributed by atoms with Crippen molar-refractivity contribution in [1.82, 2.24) is 5.32 Å². The molecule has 0 aliphatic heterocycles. The molecule has 0 aromatic rings. The summed E-state index contributed by atoms with van der Waals surface area (Å²) in [7, 11) is -3.36. The average molecular weight is 426 g/mol.